The molecule has 4 rings (SSSR count). The average Bonchev–Trinajstić information content (AvgIpc) is 3.09. The summed E-state index contributed by atoms with van der Waals surface area (Å²) in [6.45, 7) is 11.4. The second kappa shape index (κ2) is 10.4. The van der Waals surface area contributed by atoms with Crippen molar-refractivity contribution in [3.8, 4) is 0 Å². The Hall–Kier alpha value is -2.54. The highest BCUT2D eigenvalue weighted by Gasteiger charge is 2.56. The molecule has 4 aliphatic rings. The van der Waals surface area contributed by atoms with Crippen molar-refractivity contribution in [2.24, 2.45) is 35.5 Å². The third-order valence-corrected chi connectivity index (χ3v) is 8.87. The highest BCUT2D eigenvalue weighted by Crippen LogP contribution is 2.51. The van der Waals surface area contributed by atoms with Gasteiger partial charge in [-0.25, -0.2) is 0 Å². The van der Waals surface area contributed by atoms with Gasteiger partial charge >= 0.3 is 0 Å². The van der Waals surface area contributed by atoms with Crippen LogP contribution in [0.5, 0.6) is 0 Å². The van der Waals surface area contributed by atoms with Gasteiger partial charge in [0.05, 0.1) is 11.2 Å². The number of amides is 3. The van der Waals surface area contributed by atoms with E-state index < -0.39 is 29.3 Å². The standard InChI is InChI=1S/C29H40N2O5/c1-5-7-8-10-19(6-2)22-23(27(34)30-26(22)33)25(32)21-17(3)11-12-29(36)16-20(15-18(4)24(21)29)28(35)31-13-9-14-31/h6,11-12,17-21,24,36H,2,5,7-10,13-16H2,1,3-4H3,(H,30,33,34). The summed E-state index contributed by atoms with van der Waals surface area (Å²) in [4.78, 5) is 54.7. The number of hydrogen-bond donors (Lipinski definition) is 2. The number of carbonyl (C=O) groups excluding carboxylic acids is 4. The number of ketones is 1. The van der Waals surface area contributed by atoms with Crippen LogP contribution in [0.1, 0.15) is 65.7 Å². The van der Waals surface area contributed by atoms with Gasteiger partial charge in [-0.1, -0.05) is 58.3 Å². The number of allylic oxidation sites excluding steroid dienone is 2. The van der Waals surface area contributed by atoms with E-state index in [4.69, 9.17) is 0 Å². The fraction of sp³-hybridized carbons (Fsp3) is 0.655. The number of hydrogen-bond acceptors (Lipinski definition) is 5. The fourth-order valence-corrected chi connectivity index (χ4v) is 6.92. The third-order valence-electron chi connectivity index (χ3n) is 8.87. The number of carbonyl (C=O) groups is 4. The molecule has 1 saturated carbocycles. The number of nitrogens with zero attached hydrogens (tertiary/aromatic N) is 1. The molecule has 7 nitrogen and oxygen atoms in total. The van der Waals surface area contributed by atoms with Gasteiger partial charge in [0.25, 0.3) is 11.8 Å². The number of fused-ring (bicyclic) bond motifs is 1. The van der Waals surface area contributed by atoms with Crippen molar-refractivity contribution in [2.75, 3.05) is 13.1 Å². The second-order valence-corrected chi connectivity index (χ2v) is 11.3. The lowest BCUT2D eigenvalue weighted by Crippen LogP contribution is -2.57. The Bertz CT molecular complexity index is 1010. The van der Waals surface area contributed by atoms with Gasteiger partial charge < -0.3 is 10.0 Å². The summed E-state index contributed by atoms with van der Waals surface area (Å²) in [7, 11) is 0. The molecule has 0 radical (unpaired) electrons. The maximum Gasteiger partial charge on any atom is 0.262 e. The van der Waals surface area contributed by atoms with Crippen molar-refractivity contribution in [1.29, 1.82) is 0 Å². The van der Waals surface area contributed by atoms with Gasteiger partial charge in [-0.15, -0.1) is 6.58 Å². The summed E-state index contributed by atoms with van der Waals surface area (Å²) in [6, 6.07) is 0. The molecule has 2 heterocycles. The highest BCUT2D eigenvalue weighted by molar-refractivity contribution is 6.33. The summed E-state index contributed by atoms with van der Waals surface area (Å²) in [6.07, 6.45) is 10.7. The van der Waals surface area contributed by atoms with Gasteiger partial charge in [0.1, 0.15) is 0 Å². The van der Waals surface area contributed by atoms with Crippen LogP contribution in [-0.2, 0) is 19.2 Å². The molecule has 0 aromatic heterocycles. The van der Waals surface area contributed by atoms with E-state index in [-0.39, 0.29) is 52.9 Å². The first-order chi connectivity index (χ1) is 17.1. The average molecular weight is 497 g/mol. The van der Waals surface area contributed by atoms with Crippen molar-refractivity contribution in [2.45, 2.75) is 71.3 Å². The summed E-state index contributed by atoms with van der Waals surface area (Å²) in [5.41, 5.74) is -1.16. The first-order valence-electron chi connectivity index (χ1n) is 13.6. The second-order valence-electron chi connectivity index (χ2n) is 11.3. The van der Waals surface area contributed by atoms with Gasteiger partial charge in [0, 0.05) is 42.3 Å². The SMILES string of the molecule is C=CC(CCCCC)C1=C(C(=O)C2C(C)C=CC3(O)CC(C(=O)N4CCC4)CC(C)C23)C(=O)NC1=O. The van der Waals surface area contributed by atoms with E-state index in [0.717, 1.165) is 38.8 Å². The summed E-state index contributed by atoms with van der Waals surface area (Å²) < 4.78 is 0. The Labute approximate surface area is 214 Å². The zero-order valence-corrected chi connectivity index (χ0v) is 21.8. The van der Waals surface area contributed by atoms with E-state index >= 15 is 0 Å². The van der Waals surface area contributed by atoms with E-state index in [9.17, 15) is 24.3 Å². The molecular formula is C29H40N2O5. The minimum absolute atomic E-state index is 0.0677. The molecule has 7 unspecified atom stereocenters. The fourth-order valence-electron chi connectivity index (χ4n) is 6.92. The Morgan fingerprint density at radius 3 is 2.58 bits per heavy atom. The van der Waals surface area contributed by atoms with Gasteiger partial charge in [0.15, 0.2) is 5.78 Å². The summed E-state index contributed by atoms with van der Waals surface area (Å²) in [5.74, 6) is -3.54. The quantitative estimate of drug-likeness (QED) is 0.221. The van der Waals surface area contributed by atoms with E-state index in [1.807, 2.05) is 24.8 Å². The molecule has 1 saturated heterocycles. The highest BCUT2D eigenvalue weighted by atomic mass is 16.3. The minimum atomic E-state index is -1.31. The molecule has 0 aromatic rings. The predicted octanol–water partition coefficient (Wildman–Crippen LogP) is 3.34. The molecule has 2 N–H and O–H groups in total. The topological polar surface area (TPSA) is 104 Å². The molecule has 2 aliphatic carbocycles. The van der Waals surface area contributed by atoms with Crippen LogP contribution in [0, 0.1) is 35.5 Å². The van der Waals surface area contributed by atoms with E-state index in [0.29, 0.717) is 12.8 Å². The zero-order chi connectivity index (χ0) is 26.2. The van der Waals surface area contributed by atoms with Crippen LogP contribution in [0.15, 0.2) is 36.0 Å². The Morgan fingerprint density at radius 1 is 1.25 bits per heavy atom. The van der Waals surface area contributed by atoms with Gasteiger partial charge in [-0.3, -0.25) is 24.5 Å². The third kappa shape index (κ3) is 4.62. The lowest BCUT2D eigenvalue weighted by molar-refractivity contribution is -0.152. The smallest absolute Gasteiger partial charge is 0.262 e. The Balaban J connectivity index is 1.66. The number of nitrogens with one attached hydrogen (secondary N) is 1. The van der Waals surface area contributed by atoms with E-state index in [1.165, 1.54) is 0 Å². The number of aliphatic hydroxyl groups is 1. The van der Waals surface area contributed by atoms with Gasteiger partial charge in [0.2, 0.25) is 5.91 Å². The normalized spacial score (nSPS) is 34.7. The molecule has 7 atom stereocenters. The van der Waals surface area contributed by atoms with Crippen LogP contribution in [0.4, 0.5) is 0 Å². The predicted molar refractivity (Wildman–Crippen MR) is 136 cm³/mol. The van der Waals surface area contributed by atoms with Crippen molar-refractivity contribution in [1.82, 2.24) is 10.2 Å². The molecule has 0 spiro atoms. The van der Waals surface area contributed by atoms with Crippen LogP contribution in [0.3, 0.4) is 0 Å². The number of likely N-dealkylation sites (tertiary alicyclic amines) is 1. The van der Waals surface area contributed by atoms with Crippen LogP contribution in [-0.4, -0.2) is 52.2 Å². The maximum absolute atomic E-state index is 14.1. The molecule has 2 fully saturated rings. The molecule has 3 amide bonds. The maximum atomic E-state index is 14.1. The Kier molecular flexibility index (Phi) is 7.69. The summed E-state index contributed by atoms with van der Waals surface area (Å²) >= 11 is 0. The van der Waals surface area contributed by atoms with Gasteiger partial charge in [-0.05, 0) is 37.5 Å². The van der Waals surface area contributed by atoms with E-state index in [1.54, 1.807) is 12.2 Å². The van der Waals surface area contributed by atoms with E-state index in [2.05, 4.69) is 18.8 Å². The first-order valence-corrected chi connectivity index (χ1v) is 13.6. The number of imide groups is 1. The molecule has 0 aromatic carbocycles. The molecule has 196 valence electrons. The monoisotopic (exact) mass is 496 g/mol. The van der Waals surface area contributed by atoms with Crippen LogP contribution >= 0.6 is 0 Å². The number of unbranched alkanes of at least 4 members (excludes halogenated alkanes) is 2. The molecule has 36 heavy (non-hydrogen) atoms. The van der Waals surface area contributed by atoms with Crippen LogP contribution in [0.2, 0.25) is 0 Å². The zero-order valence-electron chi connectivity index (χ0n) is 21.8. The number of Topliss-reactive ketones (excluding diaryl/α,β-unsaturated/α-hetero) is 1. The largest absolute Gasteiger partial charge is 0.385 e. The Morgan fingerprint density at radius 2 is 1.97 bits per heavy atom. The van der Waals surface area contributed by atoms with Crippen molar-refractivity contribution < 1.29 is 24.3 Å². The lowest BCUT2D eigenvalue weighted by atomic mass is 9.55. The van der Waals surface area contributed by atoms with Crippen LogP contribution in [0.25, 0.3) is 0 Å². The molecule has 7 heteroatoms. The van der Waals surface area contributed by atoms with Crippen molar-refractivity contribution in [3.05, 3.63) is 36.0 Å². The first kappa shape index (κ1) is 26.5. The number of rotatable bonds is 9. The molecule has 2 aliphatic heterocycles. The molecular weight excluding hydrogens is 456 g/mol. The van der Waals surface area contributed by atoms with Crippen molar-refractivity contribution in [3.63, 3.8) is 0 Å². The molecule has 0 bridgehead atoms. The van der Waals surface area contributed by atoms with Crippen molar-refractivity contribution >= 4 is 23.5 Å². The minimum Gasteiger partial charge on any atom is -0.385 e. The lowest BCUT2D eigenvalue weighted by Gasteiger charge is -2.52. The van der Waals surface area contributed by atoms with Gasteiger partial charge in [-0.2, -0.15) is 0 Å². The summed E-state index contributed by atoms with van der Waals surface area (Å²) in [5, 5.41) is 14.2. The van der Waals surface area contributed by atoms with Crippen LogP contribution < -0.4 is 5.32 Å².